The number of fused-ring (bicyclic) bond motifs is 2. The van der Waals surface area contributed by atoms with Crippen molar-refractivity contribution in [3.05, 3.63) is 34.3 Å². The molecule has 116 valence electrons. The van der Waals surface area contributed by atoms with Crippen LogP contribution in [0.5, 0.6) is 0 Å². The van der Waals surface area contributed by atoms with Crippen LogP contribution in [0.4, 0.5) is 0 Å². The monoisotopic (exact) mass is 349 g/mol. The fraction of sp³-hybridized carbons (Fsp3) is 0.684. The molecule has 1 aromatic rings. The van der Waals surface area contributed by atoms with Crippen LogP contribution in [0.3, 0.4) is 0 Å². The summed E-state index contributed by atoms with van der Waals surface area (Å²) >= 11 is 3.71. The van der Waals surface area contributed by atoms with Gasteiger partial charge in [-0.05, 0) is 74.5 Å². The largest absolute Gasteiger partial charge is 0.314 e. The first-order chi connectivity index (χ1) is 10.3. The highest BCUT2D eigenvalue weighted by molar-refractivity contribution is 9.10. The van der Waals surface area contributed by atoms with E-state index in [1.54, 1.807) is 0 Å². The Morgan fingerprint density at radius 2 is 2.10 bits per heavy atom. The molecule has 0 aromatic heterocycles. The van der Waals surface area contributed by atoms with Crippen molar-refractivity contribution in [3.8, 4) is 0 Å². The minimum atomic E-state index is 0.646. The molecule has 0 saturated heterocycles. The van der Waals surface area contributed by atoms with Crippen LogP contribution in [0.1, 0.15) is 51.0 Å². The van der Waals surface area contributed by atoms with E-state index in [1.807, 2.05) is 0 Å². The topological polar surface area (TPSA) is 12.0 Å². The molecule has 2 saturated carbocycles. The van der Waals surface area contributed by atoms with Crippen LogP contribution in [0.25, 0.3) is 0 Å². The zero-order valence-electron chi connectivity index (χ0n) is 13.2. The second-order valence-corrected chi connectivity index (χ2v) is 7.97. The molecule has 2 bridgehead atoms. The minimum Gasteiger partial charge on any atom is -0.314 e. The van der Waals surface area contributed by atoms with E-state index in [2.05, 4.69) is 52.4 Å². The standard InChI is InChI=1S/C19H28BrN/c1-2-9-21-18(12-16-5-3-4-6-19(16)20)13-17-11-14-7-8-15(17)10-14/h3-6,14-15,17-18,21H,2,7-13H2,1H3. The molecule has 1 nitrogen and oxygen atoms in total. The Hall–Kier alpha value is -0.340. The summed E-state index contributed by atoms with van der Waals surface area (Å²) in [5.74, 6) is 3.09. The normalized spacial score (nSPS) is 29.0. The maximum absolute atomic E-state index is 3.81. The van der Waals surface area contributed by atoms with E-state index in [9.17, 15) is 0 Å². The van der Waals surface area contributed by atoms with Gasteiger partial charge in [-0.2, -0.15) is 0 Å². The molecule has 0 amide bonds. The second-order valence-electron chi connectivity index (χ2n) is 7.12. The molecule has 1 N–H and O–H groups in total. The summed E-state index contributed by atoms with van der Waals surface area (Å²) in [6.45, 7) is 3.41. The van der Waals surface area contributed by atoms with Crippen LogP contribution in [0.2, 0.25) is 0 Å². The Balaban J connectivity index is 1.62. The van der Waals surface area contributed by atoms with E-state index >= 15 is 0 Å². The predicted octanol–water partition coefficient (Wildman–Crippen LogP) is 5.19. The highest BCUT2D eigenvalue weighted by Crippen LogP contribution is 2.50. The molecule has 4 atom stereocenters. The molecule has 4 unspecified atom stereocenters. The molecule has 3 rings (SSSR count). The lowest BCUT2D eigenvalue weighted by Gasteiger charge is -2.28. The van der Waals surface area contributed by atoms with Gasteiger partial charge < -0.3 is 5.32 Å². The summed E-state index contributed by atoms with van der Waals surface area (Å²) < 4.78 is 1.27. The first kappa shape index (κ1) is 15.6. The van der Waals surface area contributed by atoms with Crippen LogP contribution in [0, 0.1) is 17.8 Å². The van der Waals surface area contributed by atoms with Crippen LogP contribution in [-0.4, -0.2) is 12.6 Å². The van der Waals surface area contributed by atoms with Crippen molar-refractivity contribution in [2.45, 2.75) is 57.9 Å². The van der Waals surface area contributed by atoms with Crippen LogP contribution in [-0.2, 0) is 6.42 Å². The highest BCUT2D eigenvalue weighted by atomic mass is 79.9. The average molecular weight is 350 g/mol. The van der Waals surface area contributed by atoms with E-state index in [0.29, 0.717) is 6.04 Å². The Bertz CT molecular complexity index is 459. The zero-order chi connectivity index (χ0) is 14.7. The maximum atomic E-state index is 3.81. The second kappa shape index (κ2) is 7.28. The van der Waals surface area contributed by atoms with Gasteiger partial charge in [0, 0.05) is 10.5 Å². The van der Waals surface area contributed by atoms with Gasteiger partial charge in [0.05, 0.1) is 0 Å². The van der Waals surface area contributed by atoms with Crippen LogP contribution < -0.4 is 5.32 Å². The fourth-order valence-electron chi connectivity index (χ4n) is 4.55. The van der Waals surface area contributed by atoms with Gasteiger partial charge >= 0.3 is 0 Å². The van der Waals surface area contributed by atoms with E-state index in [-0.39, 0.29) is 0 Å². The first-order valence-electron chi connectivity index (χ1n) is 8.73. The third-order valence-corrected chi connectivity index (χ3v) is 6.35. The molecule has 0 aliphatic heterocycles. The fourth-order valence-corrected chi connectivity index (χ4v) is 4.99. The van der Waals surface area contributed by atoms with Crippen molar-refractivity contribution >= 4 is 15.9 Å². The van der Waals surface area contributed by atoms with Gasteiger partial charge in [0.1, 0.15) is 0 Å². The Morgan fingerprint density at radius 1 is 1.24 bits per heavy atom. The van der Waals surface area contributed by atoms with Crippen molar-refractivity contribution in [2.24, 2.45) is 17.8 Å². The van der Waals surface area contributed by atoms with E-state index < -0.39 is 0 Å². The molecular formula is C19H28BrN. The number of hydrogen-bond donors (Lipinski definition) is 1. The predicted molar refractivity (Wildman–Crippen MR) is 93.5 cm³/mol. The van der Waals surface area contributed by atoms with Gasteiger partial charge in [-0.15, -0.1) is 0 Å². The Morgan fingerprint density at radius 3 is 2.76 bits per heavy atom. The first-order valence-corrected chi connectivity index (χ1v) is 9.52. The SMILES string of the molecule is CCCNC(Cc1ccccc1Br)CC1CC2CCC1C2. The van der Waals surface area contributed by atoms with Crippen LogP contribution >= 0.6 is 15.9 Å². The summed E-state index contributed by atoms with van der Waals surface area (Å²) in [6, 6.07) is 9.36. The number of hydrogen-bond acceptors (Lipinski definition) is 1. The van der Waals surface area contributed by atoms with Crippen molar-refractivity contribution in [3.63, 3.8) is 0 Å². The summed E-state index contributed by atoms with van der Waals surface area (Å²) in [5, 5.41) is 3.81. The molecule has 0 radical (unpaired) electrons. The number of rotatable bonds is 7. The Kier molecular flexibility index (Phi) is 5.39. The van der Waals surface area contributed by atoms with Gasteiger partial charge in [0.15, 0.2) is 0 Å². The molecule has 0 heterocycles. The van der Waals surface area contributed by atoms with Crippen LogP contribution in [0.15, 0.2) is 28.7 Å². The summed E-state index contributed by atoms with van der Waals surface area (Å²) in [4.78, 5) is 0. The van der Waals surface area contributed by atoms with E-state index in [4.69, 9.17) is 0 Å². The third kappa shape index (κ3) is 3.90. The quantitative estimate of drug-likeness (QED) is 0.714. The number of halogens is 1. The van der Waals surface area contributed by atoms with Gasteiger partial charge in [-0.1, -0.05) is 47.5 Å². The Labute approximate surface area is 138 Å². The molecule has 21 heavy (non-hydrogen) atoms. The lowest BCUT2D eigenvalue weighted by atomic mass is 9.83. The molecule has 2 heteroatoms. The molecule has 2 aliphatic carbocycles. The van der Waals surface area contributed by atoms with E-state index in [0.717, 1.165) is 30.7 Å². The molecule has 2 aliphatic rings. The molecule has 2 fully saturated rings. The third-order valence-electron chi connectivity index (χ3n) is 5.58. The maximum Gasteiger partial charge on any atom is 0.0207 e. The minimum absolute atomic E-state index is 0.646. The van der Waals surface area contributed by atoms with Crippen molar-refractivity contribution in [1.82, 2.24) is 5.32 Å². The lowest BCUT2D eigenvalue weighted by molar-refractivity contribution is 0.276. The van der Waals surface area contributed by atoms with Gasteiger partial charge in [0.25, 0.3) is 0 Å². The van der Waals surface area contributed by atoms with Gasteiger partial charge in [-0.25, -0.2) is 0 Å². The number of benzene rings is 1. The summed E-state index contributed by atoms with van der Waals surface area (Å²) in [7, 11) is 0. The number of nitrogens with one attached hydrogen (secondary N) is 1. The van der Waals surface area contributed by atoms with Gasteiger partial charge in [-0.3, -0.25) is 0 Å². The molecule has 0 spiro atoms. The smallest absolute Gasteiger partial charge is 0.0207 e. The van der Waals surface area contributed by atoms with E-state index in [1.165, 1.54) is 48.6 Å². The van der Waals surface area contributed by atoms with Crippen molar-refractivity contribution < 1.29 is 0 Å². The summed E-state index contributed by atoms with van der Waals surface area (Å²) in [5.41, 5.74) is 1.45. The van der Waals surface area contributed by atoms with Gasteiger partial charge in [0.2, 0.25) is 0 Å². The average Bonchev–Trinajstić information content (AvgIpc) is 3.09. The zero-order valence-corrected chi connectivity index (χ0v) is 14.7. The van der Waals surface area contributed by atoms with Crippen molar-refractivity contribution in [1.29, 1.82) is 0 Å². The van der Waals surface area contributed by atoms with Crippen molar-refractivity contribution in [2.75, 3.05) is 6.54 Å². The summed E-state index contributed by atoms with van der Waals surface area (Å²) in [6.07, 6.45) is 9.81. The highest BCUT2D eigenvalue weighted by Gasteiger charge is 2.40. The molecular weight excluding hydrogens is 322 g/mol. The lowest BCUT2D eigenvalue weighted by Crippen LogP contribution is -2.35. The molecule has 1 aromatic carbocycles.